The zero-order valence-corrected chi connectivity index (χ0v) is 22.6. The van der Waals surface area contributed by atoms with Crippen LogP contribution >= 0.6 is 0 Å². The van der Waals surface area contributed by atoms with Gasteiger partial charge in [0.05, 0.1) is 25.6 Å². The fourth-order valence-electron chi connectivity index (χ4n) is 5.03. The van der Waals surface area contributed by atoms with E-state index in [1.807, 2.05) is 33.8 Å². The van der Waals surface area contributed by atoms with Crippen LogP contribution in [0.5, 0.6) is 11.5 Å². The van der Waals surface area contributed by atoms with Crippen molar-refractivity contribution < 1.29 is 19.4 Å². The smallest absolute Gasteiger partial charge is 0.251 e. The van der Waals surface area contributed by atoms with E-state index in [0.29, 0.717) is 52.7 Å². The van der Waals surface area contributed by atoms with E-state index >= 15 is 0 Å². The summed E-state index contributed by atoms with van der Waals surface area (Å²) < 4.78 is 12.4. The number of rotatable bonds is 9. The molecule has 0 radical (unpaired) electrons. The molecule has 2 aromatic heterocycles. The van der Waals surface area contributed by atoms with Gasteiger partial charge in [-0.05, 0) is 36.6 Å². The Morgan fingerprint density at radius 1 is 1.20 bits per heavy atom. The van der Waals surface area contributed by atoms with Crippen LogP contribution in [0.1, 0.15) is 34.8 Å². The number of ether oxygens (including phenoxy) is 2. The molecule has 0 bridgehead atoms. The Kier molecular flexibility index (Phi) is 7.94. The number of benzene rings is 2. The van der Waals surface area contributed by atoms with Gasteiger partial charge >= 0.3 is 0 Å². The average molecular weight is 544 g/mol. The van der Waals surface area contributed by atoms with Crippen molar-refractivity contribution >= 4 is 22.8 Å². The van der Waals surface area contributed by atoms with Crippen LogP contribution in [0.25, 0.3) is 22.3 Å². The Morgan fingerprint density at radius 2 is 1.93 bits per heavy atom. The SMILES string of the molecule is C=CC(O)N1CCCC(n2nc(-c3ccc(CNC(=O)c4cc(OC)cc(OC)c4)cc3)c3c(N)ncnc32)C1. The fourth-order valence-corrected chi connectivity index (χ4v) is 5.03. The van der Waals surface area contributed by atoms with Gasteiger partial charge in [0.2, 0.25) is 0 Å². The van der Waals surface area contributed by atoms with E-state index in [1.165, 1.54) is 12.4 Å². The number of amides is 1. The number of anilines is 1. The molecule has 4 N–H and O–H groups in total. The number of aliphatic hydroxyl groups excluding tert-OH is 1. The Hall–Kier alpha value is -4.48. The molecule has 208 valence electrons. The molecule has 1 aliphatic heterocycles. The summed E-state index contributed by atoms with van der Waals surface area (Å²) in [6, 6.07) is 12.8. The van der Waals surface area contributed by atoms with Gasteiger partial charge in [0.1, 0.15) is 35.6 Å². The lowest BCUT2D eigenvalue weighted by Crippen LogP contribution is -2.42. The van der Waals surface area contributed by atoms with Crippen molar-refractivity contribution in [2.24, 2.45) is 0 Å². The van der Waals surface area contributed by atoms with Gasteiger partial charge in [0.25, 0.3) is 5.91 Å². The van der Waals surface area contributed by atoms with Gasteiger partial charge in [-0.2, -0.15) is 5.10 Å². The minimum atomic E-state index is -0.706. The number of fused-ring (bicyclic) bond motifs is 1. The van der Waals surface area contributed by atoms with E-state index in [9.17, 15) is 9.90 Å². The average Bonchev–Trinajstić information content (AvgIpc) is 3.40. The van der Waals surface area contributed by atoms with Crippen molar-refractivity contribution in [3.63, 3.8) is 0 Å². The van der Waals surface area contributed by atoms with E-state index in [0.717, 1.165) is 30.5 Å². The molecule has 11 heteroatoms. The maximum Gasteiger partial charge on any atom is 0.251 e. The van der Waals surface area contributed by atoms with Gasteiger partial charge in [-0.1, -0.05) is 30.8 Å². The highest BCUT2D eigenvalue weighted by atomic mass is 16.5. The quantitative estimate of drug-likeness (QED) is 0.272. The third-order valence-corrected chi connectivity index (χ3v) is 7.17. The first-order valence-electron chi connectivity index (χ1n) is 13.1. The number of aliphatic hydroxyl groups is 1. The largest absolute Gasteiger partial charge is 0.497 e. The number of carbonyl (C=O) groups excluding carboxylic acids is 1. The molecule has 40 heavy (non-hydrogen) atoms. The van der Waals surface area contributed by atoms with Crippen molar-refractivity contribution in [1.82, 2.24) is 30.0 Å². The van der Waals surface area contributed by atoms with Crippen molar-refractivity contribution in [1.29, 1.82) is 0 Å². The lowest BCUT2D eigenvalue weighted by molar-refractivity contribution is 0.0127. The first-order valence-corrected chi connectivity index (χ1v) is 13.1. The molecule has 1 saturated heterocycles. The number of piperidine rings is 1. The molecule has 0 spiro atoms. The Labute approximate surface area is 232 Å². The van der Waals surface area contributed by atoms with Crippen LogP contribution in [-0.4, -0.2) is 69.2 Å². The first kappa shape index (κ1) is 27.1. The number of nitrogen functional groups attached to an aromatic ring is 1. The third kappa shape index (κ3) is 5.47. The van der Waals surface area contributed by atoms with Gasteiger partial charge in [0.15, 0.2) is 5.65 Å². The van der Waals surface area contributed by atoms with Crippen LogP contribution in [0.15, 0.2) is 61.4 Å². The molecule has 5 rings (SSSR count). The van der Waals surface area contributed by atoms with E-state index in [4.69, 9.17) is 20.3 Å². The van der Waals surface area contributed by atoms with Crippen molar-refractivity contribution in [2.75, 3.05) is 33.0 Å². The predicted molar refractivity (Wildman–Crippen MR) is 152 cm³/mol. The summed E-state index contributed by atoms with van der Waals surface area (Å²) in [5.41, 5.74) is 9.88. The highest BCUT2D eigenvalue weighted by molar-refractivity contribution is 5.98. The number of hydrogen-bond donors (Lipinski definition) is 3. The highest BCUT2D eigenvalue weighted by Crippen LogP contribution is 2.34. The van der Waals surface area contributed by atoms with E-state index < -0.39 is 6.23 Å². The molecule has 1 aliphatic rings. The number of likely N-dealkylation sites (tertiary alicyclic amines) is 1. The van der Waals surface area contributed by atoms with E-state index in [-0.39, 0.29) is 11.9 Å². The molecule has 1 fully saturated rings. The molecule has 2 atom stereocenters. The van der Waals surface area contributed by atoms with Gasteiger partial charge in [-0.3, -0.25) is 9.69 Å². The number of aromatic nitrogens is 4. The maximum absolute atomic E-state index is 12.8. The summed E-state index contributed by atoms with van der Waals surface area (Å²) in [6.45, 7) is 5.45. The van der Waals surface area contributed by atoms with Crippen LogP contribution in [-0.2, 0) is 6.54 Å². The lowest BCUT2D eigenvalue weighted by atomic mass is 10.1. The molecular weight excluding hydrogens is 510 g/mol. The second-order valence-electron chi connectivity index (χ2n) is 9.67. The van der Waals surface area contributed by atoms with Gasteiger partial charge < -0.3 is 25.6 Å². The number of carbonyl (C=O) groups is 1. The molecule has 2 aromatic carbocycles. The summed E-state index contributed by atoms with van der Waals surface area (Å²) in [4.78, 5) is 23.5. The minimum Gasteiger partial charge on any atom is -0.497 e. The number of nitrogens with one attached hydrogen (secondary N) is 1. The number of nitrogens with two attached hydrogens (primary N) is 1. The zero-order valence-electron chi connectivity index (χ0n) is 22.6. The Balaban J connectivity index is 1.36. The summed E-state index contributed by atoms with van der Waals surface area (Å²) in [5.74, 6) is 1.21. The highest BCUT2D eigenvalue weighted by Gasteiger charge is 2.28. The van der Waals surface area contributed by atoms with Crippen LogP contribution < -0.4 is 20.5 Å². The predicted octanol–water partition coefficient (Wildman–Crippen LogP) is 3.16. The second kappa shape index (κ2) is 11.7. The monoisotopic (exact) mass is 543 g/mol. The fraction of sp³-hybridized carbons (Fsp3) is 0.310. The van der Waals surface area contributed by atoms with Gasteiger partial charge in [-0.25, -0.2) is 14.6 Å². The molecule has 4 aromatic rings. The Bertz CT molecular complexity index is 1500. The molecule has 2 unspecified atom stereocenters. The van der Waals surface area contributed by atoms with E-state index in [2.05, 4.69) is 21.9 Å². The molecule has 1 amide bonds. The first-order chi connectivity index (χ1) is 19.4. The third-order valence-electron chi connectivity index (χ3n) is 7.17. The molecule has 0 aliphatic carbocycles. The summed E-state index contributed by atoms with van der Waals surface area (Å²) in [6.07, 6.45) is 4.09. The van der Waals surface area contributed by atoms with Crippen molar-refractivity contribution in [2.45, 2.75) is 31.7 Å². The zero-order chi connectivity index (χ0) is 28.2. The summed E-state index contributed by atoms with van der Waals surface area (Å²) in [7, 11) is 3.09. The molecular formula is C29H33N7O4. The number of nitrogens with zero attached hydrogens (tertiary/aromatic N) is 5. The standard InChI is InChI=1S/C29H33N7O4/c1-4-24(37)35-11-5-6-21(16-35)36-28-25(27(30)32-17-33-28)26(34-36)19-9-7-18(8-10-19)15-31-29(38)20-12-22(39-2)14-23(13-20)40-3/h4,7-10,12-14,17,21,24,37H,1,5-6,11,15-16H2,2-3H3,(H,31,38)(H2,30,32,33). The normalized spacial score (nSPS) is 16.4. The Morgan fingerprint density at radius 3 is 2.60 bits per heavy atom. The molecule has 0 saturated carbocycles. The van der Waals surface area contributed by atoms with Crippen LogP contribution in [0.4, 0.5) is 5.82 Å². The lowest BCUT2D eigenvalue weighted by Gasteiger charge is -2.34. The van der Waals surface area contributed by atoms with Crippen molar-refractivity contribution in [3.05, 3.63) is 72.6 Å². The minimum absolute atomic E-state index is 0.0126. The van der Waals surface area contributed by atoms with Crippen LogP contribution in [0.3, 0.4) is 0 Å². The number of methoxy groups -OCH3 is 2. The molecule has 3 heterocycles. The maximum atomic E-state index is 12.8. The second-order valence-corrected chi connectivity index (χ2v) is 9.67. The number of hydrogen-bond acceptors (Lipinski definition) is 9. The van der Waals surface area contributed by atoms with Crippen molar-refractivity contribution in [3.8, 4) is 22.8 Å². The summed E-state index contributed by atoms with van der Waals surface area (Å²) in [5, 5.41) is 18.9. The topological polar surface area (TPSA) is 141 Å². The summed E-state index contributed by atoms with van der Waals surface area (Å²) >= 11 is 0. The van der Waals surface area contributed by atoms with Crippen LogP contribution in [0, 0.1) is 0 Å². The van der Waals surface area contributed by atoms with E-state index in [1.54, 1.807) is 32.4 Å². The molecule has 11 nitrogen and oxygen atoms in total. The van der Waals surface area contributed by atoms with Gasteiger partial charge in [-0.15, -0.1) is 0 Å². The van der Waals surface area contributed by atoms with Crippen LogP contribution in [0.2, 0.25) is 0 Å². The van der Waals surface area contributed by atoms with Gasteiger partial charge in [0, 0.05) is 36.8 Å².